The third-order valence-corrected chi connectivity index (χ3v) is 6.38. The smallest absolute Gasteiger partial charge is 0.315 e. The molecule has 0 rings (SSSR count). The van der Waals surface area contributed by atoms with Crippen LogP contribution in [0.25, 0.3) is 0 Å². The number of thiol groups is 6. The molecule has 236 valence electrons. The fourth-order valence-corrected chi connectivity index (χ4v) is 3.21. The van der Waals surface area contributed by atoms with E-state index >= 15 is 0 Å². The van der Waals surface area contributed by atoms with Gasteiger partial charge in [0.2, 0.25) is 0 Å². The minimum atomic E-state index is -1.44. The lowest BCUT2D eigenvalue weighted by molar-refractivity contribution is -0.172. The second kappa shape index (κ2) is 22.4. The largest absolute Gasteiger partial charge is 0.464 e. The summed E-state index contributed by atoms with van der Waals surface area (Å²) in [7, 11) is 0. The number of carbonyl (C=O) groups is 6. The number of carbonyl (C=O) groups excluding carboxylic acids is 6. The molecule has 0 aromatic carbocycles. The minimum Gasteiger partial charge on any atom is -0.464 e. The number of esters is 6. The van der Waals surface area contributed by atoms with E-state index in [1.165, 1.54) is 0 Å². The molecule has 0 bridgehead atoms. The fourth-order valence-electron chi connectivity index (χ4n) is 2.66. The Labute approximate surface area is 270 Å². The number of rotatable bonds is 22. The highest BCUT2D eigenvalue weighted by Gasteiger charge is 2.40. The van der Waals surface area contributed by atoms with Crippen LogP contribution in [-0.4, -0.2) is 123 Å². The molecule has 0 aliphatic heterocycles. The van der Waals surface area contributed by atoms with Crippen LogP contribution in [0.3, 0.4) is 0 Å². The van der Waals surface area contributed by atoms with Crippen LogP contribution in [0.1, 0.15) is 0 Å². The van der Waals surface area contributed by atoms with Crippen molar-refractivity contribution in [2.45, 2.75) is 0 Å². The molecular weight excluding hydrogens is 665 g/mol. The van der Waals surface area contributed by atoms with Gasteiger partial charge in [-0.15, -0.1) is 0 Å². The zero-order chi connectivity index (χ0) is 31.3. The molecular formula is C22H34O13S6. The predicted octanol–water partition coefficient (Wildman–Crippen LogP) is -0.186. The van der Waals surface area contributed by atoms with Crippen LogP contribution in [-0.2, 0) is 61.9 Å². The van der Waals surface area contributed by atoms with Crippen LogP contribution in [0.15, 0.2) is 0 Å². The molecule has 41 heavy (non-hydrogen) atoms. The summed E-state index contributed by atoms with van der Waals surface area (Å²) in [6.45, 7) is -3.36. The lowest BCUT2D eigenvalue weighted by Gasteiger charge is -2.35. The lowest BCUT2D eigenvalue weighted by Crippen LogP contribution is -2.47. The van der Waals surface area contributed by atoms with Gasteiger partial charge in [-0.25, -0.2) is 0 Å². The summed E-state index contributed by atoms with van der Waals surface area (Å²) in [6, 6.07) is 0. The highest BCUT2D eigenvalue weighted by atomic mass is 32.1. The maximum absolute atomic E-state index is 11.9. The van der Waals surface area contributed by atoms with Crippen LogP contribution < -0.4 is 0 Å². The van der Waals surface area contributed by atoms with E-state index in [2.05, 4.69) is 75.8 Å². The zero-order valence-corrected chi connectivity index (χ0v) is 27.3. The fraction of sp³-hybridized carbons (Fsp3) is 0.727. The molecule has 0 aromatic heterocycles. The van der Waals surface area contributed by atoms with Crippen LogP contribution in [0.5, 0.6) is 0 Å². The van der Waals surface area contributed by atoms with Gasteiger partial charge in [-0.2, -0.15) is 75.8 Å². The van der Waals surface area contributed by atoms with Crippen molar-refractivity contribution in [1.29, 1.82) is 0 Å². The topological polar surface area (TPSA) is 167 Å². The van der Waals surface area contributed by atoms with E-state index in [4.69, 9.17) is 33.2 Å². The average molecular weight is 699 g/mol. The summed E-state index contributed by atoms with van der Waals surface area (Å²) in [6.07, 6.45) is 0. The number of ether oxygens (including phenoxy) is 7. The molecule has 0 heterocycles. The van der Waals surface area contributed by atoms with Gasteiger partial charge in [-0.05, 0) is 0 Å². The molecule has 0 fully saturated rings. The Balaban J connectivity index is 6.21. The minimum absolute atomic E-state index is 0.267. The molecule has 0 aliphatic rings. The Morgan fingerprint density at radius 3 is 0.659 bits per heavy atom. The highest BCUT2D eigenvalue weighted by Crippen LogP contribution is 2.26. The maximum Gasteiger partial charge on any atom is 0.315 e. The molecule has 0 saturated heterocycles. The highest BCUT2D eigenvalue weighted by molar-refractivity contribution is 7.81. The van der Waals surface area contributed by atoms with E-state index in [1.54, 1.807) is 0 Å². The Bertz CT molecular complexity index is 704. The first kappa shape index (κ1) is 39.9. The van der Waals surface area contributed by atoms with Crippen LogP contribution >= 0.6 is 75.8 Å². The summed E-state index contributed by atoms with van der Waals surface area (Å²) in [5, 5.41) is 0. The molecule has 0 aliphatic carbocycles. The first-order chi connectivity index (χ1) is 19.4. The number of hydrogen-bond acceptors (Lipinski definition) is 19. The van der Waals surface area contributed by atoms with E-state index in [-0.39, 0.29) is 47.7 Å². The van der Waals surface area contributed by atoms with Gasteiger partial charge in [0.15, 0.2) is 0 Å². The lowest BCUT2D eigenvalue weighted by atomic mass is 9.90. The van der Waals surface area contributed by atoms with E-state index < -0.39 is 86.3 Å². The van der Waals surface area contributed by atoms with Gasteiger partial charge in [0.25, 0.3) is 0 Å². The van der Waals surface area contributed by atoms with Crippen molar-refractivity contribution in [1.82, 2.24) is 0 Å². The molecule has 0 N–H and O–H groups in total. The van der Waals surface area contributed by atoms with E-state index in [0.717, 1.165) is 0 Å². The summed E-state index contributed by atoms with van der Waals surface area (Å²) in [5.74, 6) is -5.92. The molecule has 19 heteroatoms. The van der Waals surface area contributed by atoms with Gasteiger partial charge in [0.1, 0.15) is 39.6 Å². The van der Waals surface area contributed by atoms with Crippen molar-refractivity contribution in [2.24, 2.45) is 10.8 Å². The molecule has 0 aromatic rings. The van der Waals surface area contributed by atoms with Crippen molar-refractivity contribution in [3.63, 3.8) is 0 Å². The molecule has 0 spiro atoms. The Morgan fingerprint density at radius 1 is 0.341 bits per heavy atom. The van der Waals surface area contributed by atoms with E-state index in [9.17, 15) is 28.8 Å². The SMILES string of the molecule is O=C(CS)OCC(COCC(COC(=O)CS)(COC(=O)CS)COC(=O)CS)(COC(=O)CS)COC(=O)CS. The van der Waals surface area contributed by atoms with E-state index in [0.29, 0.717) is 0 Å². The van der Waals surface area contributed by atoms with Crippen molar-refractivity contribution in [2.75, 3.05) is 87.4 Å². The Kier molecular flexibility index (Phi) is 21.8. The third kappa shape index (κ3) is 17.6. The summed E-state index contributed by atoms with van der Waals surface area (Å²) < 4.78 is 37.1. The molecule has 0 amide bonds. The summed E-state index contributed by atoms with van der Waals surface area (Å²) >= 11 is 23.2. The van der Waals surface area contributed by atoms with Crippen LogP contribution in [0.2, 0.25) is 0 Å². The predicted molar refractivity (Wildman–Crippen MR) is 165 cm³/mol. The summed E-state index contributed by atoms with van der Waals surface area (Å²) in [4.78, 5) is 71.2. The quantitative estimate of drug-likeness (QED) is 0.0501. The third-order valence-electron chi connectivity index (χ3n) is 4.83. The van der Waals surface area contributed by atoms with Crippen molar-refractivity contribution in [3.05, 3.63) is 0 Å². The second-order valence-electron chi connectivity index (χ2n) is 8.41. The van der Waals surface area contributed by atoms with Crippen molar-refractivity contribution < 1.29 is 61.9 Å². The van der Waals surface area contributed by atoms with Crippen LogP contribution in [0.4, 0.5) is 0 Å². The molecule has 0 atom stereocenters. The molecule has 0 saturated carbocycles. The van der Waals surface area contributed by atoms with Gasteiger partial charge in [-0.3, -0.25) is 28.8 Å². The van der Waals surface area contributed by atoms with Crippen molar-refractivity contribution in [3.8, 4) is 0 Å². The van der Waals surface area contributed by atoms with Gasteiger partial charge in [-0.1, -0.05) is 0 Å². The first-order valence-corrected chi connectivity index (χ1v) is 15.4. The Morgan fingerprint density at radius 2 is 0.512 bits per heavy atom. The zero-order valence-electron chi connectivity index (χ0n) is 21.9. The summed E-state index contributed by atoms with van der Waals surface area (Å²) in [5.41, 5.74) is -2.88. The first-order valence-electron chi connectivity index (χ1n) is 11.6. The number of hydrogen-bond donors (Lipinski definition) is 6. The van der Waals surface area contributed by atoms with Gasteiger partial charge < -0.3 is 33.2 Å². The monoisotopic (exact) mass is 698 g/mol. The standard InChI is InChI=1S/C22H34O13S6/c23-15(1-36)30-9-21(10-31-16(24)2-37,11-32-17(25)3-38)7-29-8-22(12-33-18(26)4-39,13-34-19(27)5-40)14-35-20(28)6-41/h36-41H,1-14H2. The second-order valence-corrected chi connectivity index (χ2v) is 10.3. The average Bonchev–Trinajstić information content (AvgIpc) is 3.00. The molecule has 0 unspecified atom stereocenters. The van der Waals surface area contributed by atoms with Crippen molar-refractivity contribution >= 4 is 112 Å². The normalized spacial score (nSPS) is 11.3. The van der Waals surface area contributed by atoms with E-state index in [1.807, 2.05) is 0 Å². The van der Waals surface area contributed by atoms with Crippen LogP contribution in [0, 0.1) is 10.8 Å². The molecule has 0 radical (unpaired) electrons. The van der Waals surface area contributed by atoms with Gasteiger partial charge in [0, 0.05) is 0 Å². The molecule has 13 nitrogen and oxygen atoms in total. The maximum atomic E-state index is 11.9. The van der Waals surface area contributed by atoms with Gasteiger partial charge >= 0.3 is 35.8 Å². The van der Waals surface area contributed by atoms with Gasteiger partial charge in [0.05, 0.1) is 58.6 Å². The Hall–Kier alpha value is -1.12.